The molecule has 1 heterocycles. The lowest BCUT2D eigenvalue weighted by molar-refractivity contribution is -0.384. The average molecular weight is 348 g/mol. The number of morpholine rings is 1. The Morgan fingerprint density at radius 2 is 1.84 bits per heavy atom. The molecule has 25 heavy (non-hydrogen) atoms. The molecule has 7 heteroatoms. The number of carboxylic acid groups (broad SMARTS) is 1. The van der Waals surface area contributed by atoms with Gasteiger partial charge in [0.25, 0.3) is 5.69 Å². The first kappa shape index (κ1) is 17.8. The highest BCUT2D eigenvalue weighted by molar-refractivity contribution is 5.76. The van der Waals surface area contributed by atoms with Crippen molar-refractivity contribution in [2.75, 3.05) is 26.3 Å². The van der Waals surface area contributed by atoms with E-state index >= 15 is 0 Å². The van der Waals surface area contributed by atoms with Gasteiger partial charge in [-0.2, -0.15) is 0 Å². The Morgan fingerprint density at radius 3 is 2.44 bits per heavy atom. The highest BCUT2D eigenvalue weighted by Crippen LogP contribution is 2.39. The van der Waals surface area contributed by atoms with Crippen molar-refractivity contribution in [2.24, 2.45) is 5.92 Å². The number of ether oxygens (including phenoxy) is 1. The van der Waals surface area contributed by atoms with Gasteiger partial charge >= 0.3 is 5.97 Å². The molecule has 0 spiro atoms. The molecule has 7 nitrogen and oxygen atoms in total. The number of carbonyl (C=O) groups is 1. The molecule has 1 unspecified atom stereocenters. The van der Waals surface area contributed by atoms with E-state index in [1.807, 2.05) is 0 Å². The lowest BCUT2D eigenvalue weighted by atomic mass is 9.73. The summed E-state index contributed by atoms with van der Waals surface area (Å²) >= 11 is 0. The highest BCUT2D eigenvalue weighted by Gasteiger charge is 2.40. The van der Waals surface area contributed by atoms with E-state index in [9.17, 15) is 20.0 Å². The van der Waals surface area contributed by atoms with Gasteiger partial charge in [-0.1, -0.05) is 25.0 Å². The molecule has 1 aliphatic carbocycles. The van der Waals surface area contributed by atoms with Crippen molar-refractivity contribution in [3.63, 3.8) is 0 Å². The summed E-state index contributed by atoms with van der Waals surface area (Å²) in [5.41, 5.74) is 0.643. The summed E-state index contributed by atoms with van der Waals surface area (Å²) in [6, 6.07) is 6.23. The maximum absolute atomic E-state index is 12.1. The van der Waals surface area contributed by atoms with E-state index in [2.05, 4.69) is 4.90 Å². The number of nitro groups is 1. The Balaban J connectivity index is 1.86. The molecule has 1 saturated carbocycles. The minimum absolute atomic E-state index is 0.0127. The van der Waals surface area contributed by atoms with Crippen molar-refractivity contribution in [1.82, 2.24) is 4.90 Å². The predicted octanol–water partition coefficient (Wildman–Crippen LogP) is 2.65. The fourth-order valence-corrected chi connectivity index (χ4v) is 4.27. The molecule has 0 amide bonds. The summed E-state index contributed by atoms with van der Waals surface area (Å²) < 4.78 is 5.43. The summed E-state index contributed by atoms with van der Waals surface area (Å²) in [6.07, 6.45) is 4.02. The fourth-order valence-electron chi connectivity index (χ4n) is 4.27. The Labute approximate surface area is 146 Å². The minimum Gasteiger partial charge on any atom is -0.481 e. The van der Waals surface area contributed by atoms with E-state index < -0.39 is 16.8 Å². The number of carboxylic acids is 1. The SMILES string of the molecule is O=C(O)C(c1ccc([N+](=O)[O-])cc1)[C@@H]1CCCC[C@H]1N1CCOCC1. The summed E-state index contributed by atoms with van der Waals surface area (Å²) in [7, 11) is 0. The van der Waals surface area contributed by atoms with Gasteiger partial charge in [-0.3, -0.25) is 19.8 Å². The smallest absolute Gasteiger partial charge is 0.311 e. The zero-order chi connectivity index (χ0) is 17.8. The van der Waals surface area contributed by atoms with Gasteiger partial charge in [0, 0.05) is 31.3 Å². The van der Waals surface area contributed by atoms with Crippen molar-refractivity contribution in [3.8, 4) is 0 Å². The molecule has 2 fully saturated rings. The van der Waals surface area contributed by atoms with Crippen LogP contribution in [0.4, 0.5) is 5.69 Å². The molecule has 136 valence electrons. The molecule has 3 rings (SSSR count). The number of hydrogen-bond donors (Lipinski definition) is 1. The van der Waals surface area contributed by atoms with Gasteiger partial charge in [-0.25, -0.2) is 0 Å². The zero-order valence-electron chi connectivity index (χ0n) is 14.2. The van der Waals surface area contributed by atoms with E-state index in [-0.39, 0.29) is 17.6 Å². The molecule has 3 atom stereocenters. The number of nitro benzene ring substituents is 1. The van der Waals surface area contributed by atoms with Crippen LogP contribution in [0.15, 0.2) is 24.3 Å². The summed E-state index contributed by atoms with van der Waals surface area (Å²) in [5.74, 6) is -1.46. The van der Waals surface area contributed by atoms with Crippen molar-refractivity contribution in [1.29, 1.82) is 0 Å². The monoisotopic (exact) mass is 348 g/mol. The molecule has 1 N–H and O–H groups in total. The number of aliphatic carboxylic acids is 1. The van der Waals surface area contributed by atoms with Crippen LogP contribution in [0.25, 0.3) is 0 Å². The molecule has 0 radical (unpaired) electrons. The van der Waals surface area contributed by atoms with E-state index in [4.69, 9.17) is 4.74 Å². The number of non-ortho nitro benzene ring substituents is 1. The van der Waals surface area contributed by atoms with Gasteiger partial charge in [-0.05, 0) is 24.3 Å². The van der Waals surface area contributed by atoms with Crippen molar-refractivity contribution in [3.05, 3.63) is 39.9 Å². The molecular formula is C18H24N2O5. The third kappa shape index (κ3) is 3.99. The Morgan fingerprint density at radius 1 is 1.20 bits per heavy atom. The normalized spacial score (nSPS) is 26.1. The van der Waals surface area contributed by atoms with E-state index in [1.54, 1.807) is 12.1 Å². The third-order valence-corrected chi connectivity index (χ3v) is 5.45. The number of hydrogen-bond acceptors (Lipinski definition) is 5. The first-order valence-electron chi connectivity index (χ1n) is 8.87. The number of benzene rings is 1. The predicted molar refractivity (Wildman–Crippen MR) is 91.6 cm³/mol. The van der Waals surface area contributed by atoms with Gasteiger partial charge in [0.1, 0.15) is 0 Å². The van der Waals surface area contributed by atoms with Crippen LogP contribution in [0, 0.1) is 16.0 Å². The second-order valence-electron chi connectivity index (χ2n) is 6.83. The van der Waals surface area contributed by atoms with Crippen LogP contribution in [-0.4, -0.2) is 53.2 Å². The third-order valence-electron chi connectivity index (χ3n) is 5.45. The molecule has 1 aromatic rings. The Bertz CT molecular complexity index is 612. The first-order chi connectivity index (χ1) is 12.1. The first-order valence-corrected chi connectivity index (χ1v) is 8.87. The average Bonchev–Trinajstić information content (AvgIpc) is 2.63. The van der Waals surface area contributed by atoms with Crippen LogP contribution in [-0.2, 0) is 9.53 Å². The van der Waals surface area contributed by atoms with Crippen molar-refractivity contribution >= 4 is 11.7 Å². The van der Waals surface area contributed by atoms with Gasteiger partial charge in [0.05, 0.1) is 24.1 Å². The van der Waals surface area contributed by atoms with E-state index in [0.717, 1.165) is 38.8 Å². The molecule has 0 aromatic heterocycles. The lowest BCUT2D eigenvalue weighted by Crippen LogP contribution is -2.50. The highest BCUT2D eigenvalue weighted by atomic mass is 16.6. The molecule has 1 saturated heterocycles. The maximum atomic E-state index is 12.1. The standard InChI is InChI=1S/C18H24N2O5/c21-18(22)17(13-5-7-14(8-6-13)20(23)24)15-3-1-2-4-16(15)19-9-11-25-12-10-19/h5-8,15-17H,1-4,9-12H2,(H,21,22)/t15-,16-,17?/m1/s1. The summed E-state index contributed by atoms with van der Waals surface area (Å²) in [4.78, 5) is 24.8. The van der Waals surface area contributed by atoms with Gasteiger partial charge in [-0.15, -0.1) is 0 Å². The van der Waals surface area contributed by atoms with E-state index in [0.29, 0.717) is 18.8 Å². The molecule has 1 aliphatic heterocycles. The van der Waals surface area contributed by atoms with Crippen molar-refractivity contribution < 1.29 is 19.6 Å². The van der Waals surface area contributed by atoms with Crippen LogP contribution < -0.4 is 0 Å². The minimum atomic E-state index is -0.848. The van der Waals surface area contributed by atoms with Crippen molar-refractivity contribution in [2.45, 2.75) is 37.6 Å². The molecule has 1 aromatic carbocycles. The van der Waals surface area contributed by atoms with Gasteiger partial charge in [0.2, 0.25) is 0 Å². The van der Waals surface area contributed by atoms with Crippen LogP contribution in [0.3, 0.4) is 0 Å². The van der Waals surface area contributed by atoms with Crippen LogP contribution in [0.2, 0.25) is 0 Å². The number of nitrogens with zero attached hydrogens (tertiary/aromatic N) is 2. The fraction of sp³-hybridized carbons (Fsp3) is 0.611. The summed E-state index contributed by atoms with van der Waals surface area (Å²) in [6.45, 7) is 3.07. The quantitative estimate of drug-likeness (QED) is 0.649. The van der Waals surface area contributed by atoms with Gasteiger partial charge in [0.15, 0.2) is 0 Å². The van der Waals surface area contributed by atoms with Crippen LogP contribution in [0.1, 0.15) is 37.2 Å². The lowest BCUT2D eigenvalue weighted by Gasteiger charge is -2.43. The zero-order valence-corrected chi connectivity index (χ0v) is 14.2. The summed E-state index contributed by atoms with van der Waals surface area (Å²) in [5, 5.41) is 20.7. The topological polar surface area (TPSA) is 92.9 Å². The second kappa shape index (κ2) is 7.93. The second-order valence-corrected chi connectivity index (χ2v) is 6.83. The number of rotatable bonds is 5. The van der Waals surface area contributed by atoms with Crippen LogP contribution >= 0.6 is 0 Å². The molecule has 2 aliphatic rings. The maximum Gasteiger partial charge on any atom is 0.311 e. The van der Waals surface area contributed by atoms with E-state index in [1.165, 1.54) is 12.1 Å². The van der Waals surface area contributed by atoms with Gasteiger partial charge < -0.3 is 9.84 Å². The van der Waals surface area contributed by atoms with Crippen LogP contribution in [0.5, 0.6) is 0 Å². The molecule has 0 bridgehead atoms. The Hall–Kier alpha value is -1.99. The Kier molecular flexibility index (Phi) is 5.65. The molecular weight excluding hydrogens is 324 g/mol. The largest absolute Gasteiger partial charge is 0.481 e.